The van der Waals surface area contributed by atoms with E-state index in [1.165, 1.54) is 0 Å². The van der Waals surface area contributed by atoms with Crippen LogP contribution >= 0.6 is 11.6 Å². The number of halogens is 1. The Morgan fingerprint density at radius 1 is 1.30 bits per heavy atom. The number of carbonyl (C=O) groups is 2. The van der Waals surface area contributed by atoms with E-state index < -0.39 is 18.0 Å². The molecule has 124 valence electrons. The van der Waals surface area contributed by atoms with Crippen LogP contribution in [0.2, 0.25) is 5.02 Å². The highest BCUT2D eigenvalue weighted by Crippen LogP contribution is 2.31. The van der Waals surface area contributed by atoms with Crippen molar-refractivity contribution in [2.45, 2.75) is 19.9 Å². The summed E-state index contributed by atoms with van der Waals surface area (Å²) < 4.78 is 10.4. The van der Waals surface area contributed by atoms with Gasteiger partial charge in [-0.25, -0.2) is 9.59 Å². The maximum Gasteiger partial charge on any atom is 0.338 e. The van der Waals surface area contributed by atoms with Crippen LogP contribution in [0.4, 0.5) is 4.79 Å². The molecule has 1 aromatic carbocycles. The fraction of sp³-hybridized carbons (Fsp3) is 0.375. The maximum absolute atomic E-state index is 12.4. The number of amides is 2. The van der Waals surface area contributed by atoms with E-state index in [1.54, 1.807) is 31.2 Å². The van der Waals surface area contributed by atoms with Gasteiger partial charge in [0.25, 0.3) is 0 Å². The Morgan fingerprint density at radius 3 is 2.74 bits per heavy atom. The molecule has 1 heterocycles. The van der Waals surface area contributed by atoms with E-state index >= 15 is 0 Å². The first-order valence-corrected chi connectivity index (χ1v) is 7.70. The Bertz CT molecular complexity index is 630. The maximum atomic E-state index is 12.4. The van der Waals surface area contributed by atoms with Crippen molar-refractivity contribution in [2.24, 2.45) is 0 Å². The van der Waals surface area contributed by atoms with Gasteiger partial charge >= 0.3 is 12.0 Å². The topological polar surface area (TPSA) is 76.7 Å². The summed E-state index contributed by atoms with van der Waals surface area (Å²) >= 11 is 6.20. The number of urea groups is 1. The third-order valence-electron chi connectivity index (χ3n) is 3.37. The van der Waals surface area contributed by atoms with Crippen LogP contribution < -0.4 is 10.6 Å². The Morgan fingerprint density at radius 2 is 2.04 bits per heavy atom. The SMILES string of the molecule is CCOCCOC(=O)C1=C(C)NC(=O)NC1c1ccccc1Cl. The number of nitrogens with one attached hydrogen (secondary N) is 2. The summed E-state index contributed by atoms with van der Waals surface area (Å²) in [6.45, 7) is 4.54. The van der Waals surface area contributed by atoms with Crippen molar-refractivity contribution < 1.29 is 19.1 Å². The van der Waals surface area contributed by atoms with E-state index in [0.717, 1.165) is 0 Å². The molecular weight excluding hydrogens is 320 g/mol. The van der Waals surface area contributed by atoms with Crippen molar-refractivity contribution in [3.05, 3.63) is 46.1 Å². The Balaban J connectivity index is 2.25. The highest BCUT2D eigenvalue weighted by molar-refractivity contribution is 6.31. The number of esters is 1. The van der Waals surface area contributed by atoms with E-state index in [4.69, 9.17) is 21.1 Å². The predicted molar refractivity (Wildman–Crippen MR) is 86.0 cm³/mol. The standard InChI is InChI=1S/C16H19ClN2O4/c1-3-22-8-9-23-15(20)13-10(2)18-16(21)19-14(13)11-6-4-5-7-12(11)17/h4-7,14H,3,8-9H2,1-2H3,(H2,18,19,21). The smallest absolute Gasteiger partial charge is 0.338 e. The number of carbonyl (C=O) groups excluding carboxylic acids is 2. The molecule has 1 aromatic rings. The molecule has 0 saturated heterocycles. The highest BCUT2D eigenvalue weighted by Gasteiger charge is 2.33. The van der Waals surface area contributed by atoms with Crippen molar-refractivity contribution >= 4 is 23.6 Å². The zero-order chi connectivity index (χ0) is 16.8. The molecule has 2 amide bonds. The van der Waals surface area contributed by atoms with Gasteiger partial charge in [-0.2, -0.15) is 0 Å². The largest absolute Gasteiger partial charge is 0.460 e. The fourth-order valence-electron chi connectivity index (χ4n) is 2.32. The minimum Gasteiger partial charge on any atom is -0.460 e. The summed E-state index contributed by atoms with van der Waals surface area (Å²) in [6.07, 6.45) is 0. The average Bonchev–Trinajstić information content (AvgIpc) is 2.51. The van der Waals surface area contributed by atoms with Crippen molar-refractivity contribution in [1.29, 1.82) is 0 Å². The molecular formula is C16H19ClN2O4. The van der Waals surface area contributed by atoms with E-state index in [0.29, 0.717) is 35.1 Å². The predicted octanol–water partition coefficient (Wildman–Crippen LogP) is 2.55. The average molecular weight is 339 g/mol. The van der Waals surface area contributed by atoms with Gasteiger partial charge in [0.1, 0.15) is 6.61 Å². The number of hydrogen-bond donors (Lipinski definition) is 2. The lowest BCUT2D eigenvalue weighted by Gasteiger charge is -2.28. The number of rotatable bonds is 6. The lowest BCUT2D eigenvalue weighted by atomic mass is 9.95. The van der Waals surface area contributed by atoms with Crippen LogP contribution in [-0.4, -0.2) is 31.8 Å². The second kappa shape index (κ2) is 7.99. The lowest BCUT2D eigenvalue weighted by Crippen LogP contribution is -2.45. The Hall–Kier alpha value is -2.05. The molecule has 0 bridgehead atoms. The van der Waals surface area contributed by atoms with Crippen molar-refractivity contribution in [3.63, 3.8) is 0 Å². The molecule has 23 heavy (non-hydrogen) atoms. The molecule has 1 aliphatic heterocycles. The zero-order valence-electron chi connectivity index (χ0n) is 13.0. The van der Waals surface area contributed by atoms with Crippen LogP contribution in [0.3, 0.4) is 0 Å². The molecule has 0 fully saturated rings. The molecule has 0 saturated carbocycles. The van der Waals surface area contributed by atoms with E-state index in [2.05, 4.69) is 10.6 Å². The van der Waals surface area contributed by atoms with E-state index in [1.807, 2.05) is 6.92 Å². The normalized spacial score (nSPS) is 17.5. The molecule has 1 unspecified atom stereocenters. The van der Waals surface area contributed by atoms with Crippen LogP contribution in [-0.2, 0) is 14.3 Å². The second-order valence-corrected chi connectivity index (χ2v) is 5.33. The van der Waals surface area contributed by atoms with Crippen molar-refractivity contribution in [3.8, 4) is 0 Å². The van der Waals surface area contributed by atoms with Crippen LogP contribution in [0.25, 0.3) is 0 Å². The molecule has 0 radical (unpaired) electrons. The summed E-state index contributed by atoms with van der Waals surface area (Å²) in [4.78, 5) is 24.2. The summed E-state index contributed by atoms with van der Waals surface area (Å²) in [5.74, 6) is -0.514. The van der Waals surface area contributed by atoms with Gasteiger partial charge in [-0.05, 0) is 25.5 Å². The van der Waals surface area contributed by atoms with Gasteiger partial charge in [0.05, 0.1) is 18.2 Å². The first-order chi connectivity index (χ1) is 11.0. The van der Waals surface area contributed by atoms with Crippen LogP contribution in [0, 0.1) is 0 Å². The number of ether oxygens (including phenoxy) is 2. The summed E-state index contributed by atoms with van der Waals surface area (Å²) in [5.41, 5.74) is 1.41. The minimum atomic E-state index is -0.656. The van der Waals surface area contributed by atoms with Crippen LogP contribution in [0.1, 0.15) is 25.5 Å². The molecule has 0 aliphatic carbocycles. The Labute approximate surface area is 139 Å². The zero-order valence-corrected chi connectivity index (χ0v) is 13.8. The number of allylic oxidation sites excluding steroid dienone is 1. The second-order valence-electron chi connectivity index (χ2n) is 4.92. The van der Waals surface area contributed by atoms with Gasteiger partial charge in [-0.3, -0.25) is 0 Å². The molecule has 0 aromatic heterocycles. The number of benzene rings is 1. The summed E-state index contributed by atoms with van der Waals surface area (Å²) in [5, 5.41) is 5.76. The monoisotopic (exact) mass is 338 g/mol. The lowest BCUT2D eigenvalue weighted by molar-refractivity contribution is -0.141. The highest BCUT2D eigenvalue weighted by atomic mass is 35.5. The van der Waals surface area contributed by atoms with Gasteiger partial charge in [-0.15, -0.1) is 0 Å². The summed E-state index contributed by atoms with van der Waals surface area (Å²) in [7, 11) is 0. The van der Waals surface area contributed by atoms with E-state index in [9.17, 15) is 9.59 Å². The van der Waals surface area contributed by atoms with Gasteiger partial charge < -0.3 is 20.1 Å². The minimum absolute atomic E-state index is 0.145. The molecule has 6 nitrogen and oxygen atoms in total. The van der Waals surface area contributed by atoms with Crippen molar-refractivity contribution in [2.75, 3.05) is 19.8 Å². The van der Waals surface area contributed by atoms with Gasteiger partial charge in [0.2, 0.25) is 0 Å². The first-order valence-electron chi connectivity index (χ1n) is 7.32. The van der Waals surface area contributed by atoms with E-state index in [-0.39, 0.29) is 6.61 Å². The fourth-order valence-corrected chi connectivity index (χ4v) is 2.57. The summed E-state index contributed by atoms with van der Waals surface area (Å²) in [6, 6.07) is 6.00. The molecule has 1 atom stereocenters. The van der Waals surface area contributed by atoms with Crippen molar-refractivity contribution in [1.82, 2.24) is 10.6 Å². The van der Waals surface area contributed by atoms with Gasteiger partial charge in [-0.1, -0.05) is 29.8 Å². The molecule has 0 spiro atoms. The van der Waals surface area contributed by atoms with Crippen LogP contribution in [0.15, 0.2) is 35.5 Å². The molecule has 7 heteroatoms. The number of hydrogen-bond acceptors (Lipinski definition) is 4. The van der Waals surface area contributed by atoms with Gasteiger partial charge in [0.15, 0.2) is 0 Å². The van der Waals surface area contributed by atoms with Gasteiger partial charge in [0, 0.05) is 17.3 Å². The molecule has 2 N–H and O–H groups in total. The first kappa shape index (κ1) is 17.3. The quantitative estimate of drug-likeness (QED) is 0.617. The molecule has 1 aliphatic rings. The Kier molecular flexibility index (Phi) is 6.01. The third kappa shape index (κ3) is 4.24. The van der Waals surface area contributed by atoms with Crippen LogP contribution in [0.5, 0.6) is 0 Å². The molecule has 2 rings (SSSR count). The third-order valence-corrected chi connectivity index (χ3v) is 3.71.